The first-order valence-electron chi connectivity index (χ1n) is 6.74. The quantitative estimate of drug-likeness (QED) is 0.897. The van der Waals surface area contributed by atoms with Crippen LogP contribution in [0.5, 0.6) is 5.75 Å². The number of aromatic amines is 1. The molecule has 2 heterocycles. The normalized spacial score (nSPS) is 18.9. The minimum atomic E-state index is 0.0405. The lowest BCUT2D eigenvalue weighted by atomic mass is 10.1. The number of fused-ring (bicyclic) bond motifs is 1. The summed E-state index contributed by atoms with van der Waals surface area (Å²) in [4.78, 5) is 8.06. The number of hydrogen-bond donors (Lipinski definition) is 2. The van der Waals surface area contributed by atoms with Gasteiger partial charge in [-0.2, -0.15) is 0 Å². The Morgan fingerprint density at radius 3 is 2.75 bits per heavy atom. The van der Waals surface area contributed by atoms with E-state index in [1.807, 2.05) is 38.2 Å². The first-order valence-corrected chi connectivity index (χ1v) is 6.74. The molecule has 1 aromatic heterocycles. The Hall–Kier alpha value is -1.85. The second-order valence-electron chi connectivity index (χ2n) is 4.93. The standard InChI is InChI=1S/C15H19N3O2/c1-9-13-12(8-20-9)17-15(18-13)14(16-2)10-4-6-11(19-3)7-5-10/h4-7,9,14,16H,8H2,1-3H3,(H,17,18). The van der Waals surface area contributed by atoms with Crippen molar-refractivity contribution in [2.24, 2.45) is 0 Å². The van der Waals surface area contributed by atoms with Crippen molar-refractivity contribution in [1.82, 2.24) is 15.3 Å². The van der Waals surface area contributed by atoms with E-state index in [0.29, 0.717) is 6.61 Å². The van der Waals surface area contributed by atoms with Gasteiger partial charge in [0.25, 0.3) is 0 Å². The Bertz CT molecular complexity index is 592. The summed E-state index contributed by atoms with van der Waals surface area (Å²) in [6, 6.07) is 8.06. The molecule has 0 bridgehead atoms. The van der Waals surface area contributed by atoms with Crippen LogP contribution in [0.15, 0.2) is 24.3 Å². The molecule has 0 saturated carbocycles. The summed E-state index contributed by atoms with van der Waals surface area (Å²) in [6.45, 7) is 2.64. The molecule has 2 N–H and O–H groups in total. The van der Waals surface area contributed by atoms with Crippen molar-refractivity contribution >= 4 is 0 Å². The molecule has 20 heavy (non-hydrogen) atoms. The van der Waals surface area contributed by atoms with Gasteiger partial charge < -0.3 is 19.8 Å². The molecule has 0 spiro atoms. The highest BCUT2D eigenvalue weighted by Crippen LogP contribution is 2.31. The van der Waals surface area contributed by atoms with Crippen LogP contribution in [0.25, 0.3) is 0 Å². The zero-order chi connectivity index (χ0) is 14.1. The molecular formula is C15H19N3O2. The van der Waals surface area contributed by atoms with Crippen molar-refractivity contribution in [2.45, 2.75) is 25.7 Å². The predicted octanol–water partition coefficient (Wildman–Crippen LogP) is 2.32. The lowest BCUT2D eigenvalue weighted by molar-refractivity contribution is 0.0757. The number of hydrogen-bond acceptors (Lipinski definition) is 4. The number of imidazole rings is 1. The molecule has 0 radical (unpaired) electrons. The smallest absolute Gasteiger partial charge is 0.128 e. The van der Waals surface area contributed by atoms with E-state index in [4.69, 9.17) is 9.47 Å². The van der Waals surface area contributed by atoms with Gasteiger partial charge in [0.15, 0.2) is 0 Å². The zero-order valence-corrected chi connectivity index (χ0v) is 11.9. The van der Waals surface area contributed by atoms with Gasteiger partial charge in [0.1, 0.15) is 11.6 Å². The third-order valence-electron chi connectivity index (χ3n) is 3.70. The van der Waals surface area contributed by atoms with E-state index in [-0.39, 0.29) is 12.1 Å². The summed E-state index contributed by atoms with van der Waals surface area (Å²) >= 11 is 0. The van der Waals surface area contributed by atoms with Crippen LogP contribution >= 0.6 is 0 Å². The minimum absolute atomic E-state index is 0.0405. The topological polar surface area (TPSA) is 59.2 Å². The molecule has 0 saturated heterocycles. The van der Waals surface area contributed by atoms with E-state index in [9.17, 15) is 0 Å². The first-order chi connectivity index (χ1) is 9.72. The monoisotopic (exact) mass is 273 g/mol. The van der Waals surface area contributed by atoms with E-state index in [0.717, 1.165) is 28.5 Å². The fraction of sp³-hybridized carbons (Fsp3) is 0.400. The molecule has 1 aromatic carbocycles. The van der Waals surface area contributed by atoms with Gasteiger partial charge >= 0.3 is 0 Å². The van der Waals surface area contributed by atoms with E-state index >= 15 is 0 Å². The maximum absolute atomic E-state index is 5.54. The van der Waals surface area contributed by atoms with E-state index in [2.05, 4.69) is 15.3 Å². The maximum atomic E-state index is 5.54. The molecule has 0 fully saturated rings. The molecule has 106 valence electrons. The van der Waals surface area contributed by atoms with Gasteiger partial charge in [0.2, 0.25) is 0 Å². The molecule has 2 unspecified atom stereocenters. The zero-order valence-electron chi connectivity index (χ0n) is 11.9. The maximum Gasteiger partial charge on any atom is 0.128 e. The van der Waals surface area contributed by atoms with Gasteiger partial charge in [-0.25, -0.2) is 4.98 Å². The third kappa shape index (κ3) is 2.19. The summed E-state index contributed by atoms with van der Waals surface area (Å²) in [5.41, 5.74) is 3.25. The van der Waals surface area contributed by atoms with Gasteiger partial charge in [0.05, 0.1) is 37.3 Å². The van der Waals surface area contributed by atoms with Crippen LogP contribution in [0.1, 0.15) is 41.8 Å². The second-order valence-corrected chi connectivity index (χ2v) is 4.93. The van der Waals surface area contributed by atoms with Crippen molar-refractivity contribution in [1.29, 1.82) is 0 Å². The fourth-order valence-corrected chi connectivity index (χ4v) is 2.57. The summed E-state index contributed by atoms with van der Waals surface area (Å²) in [5.74, 6) is 1.78. The highest BCUT2D eigenvalue weighted by molar-refractivity contribution is 5.33. The number of benzene rings is 1. The predicted molar refractivity (Wildman–Crippen MR) is 75.7 cm³/mol. The number of ether oxygens (including phenoxy) is 2. The number of nitrogens with zero attached hydrogens (tertiary/aromatic N) is 1. The Balaban J connectivity index is 1.91. The second kappa shape index (κ2) is 5.26. The Morgan fingerprint density at radius 2 is 2.15 bits per heavy atom. The van der Waals surface area contributed by atoms with E-state index in [1.54, 1.807) is 7.11 Å². The molecular weight excluding hydrogens is 254 g/mol. The number of H-pyrrole nitrogens is 1. The van der Waals surface area contributed by atoms with Crippen molar-refractivity contribution in [3.05, 3.63) is 47.0 Å². The fourth-order valence-electron chi connectivity index (χ4n) is 2.57. The van der Waals surface area contributed by atoms with E-state index in [1.165, 1.54) is 0 Å². The van der Waals surface area contributed by atoms with Crippen LogP contribution in [-0.2, 0) is 11.3 Å². The summed E-state index contributed by atoms with van der Waals surface area (Å²) < 4.78 is 10.7. The number of rotatable bonds is 4. The molecule has 5 heteroatoms. The average Bonchev–Trinajstić information content (AvgIpc) is 3.03. The van der Waals surface area contributed by atoms with Gasteiger partial charge in [-0.3, -0.25) is 0 Å². The van der Waals surface area contributed by atoms with Gasteiger partial charge in [-0.15, -0.1) is 0 Å². The van der Waals surface area contributed by atoms with Gasteiger partial charge in [0, 0.05) is 0 Å². The van der Waals surface area contributed by atoms with Crippen LogP contribution in [0, 0.1) is 0 Å². The highest BCUT2D eigenvalue weighted by atomic mass is 16.5. The van der Waals surface area contributed by atoms with Crippen molar-refractivity contribution in [3.8, 4) is 5.75 Å². The van der Waals surface area contributed by atoms with Crippen LogP contribution in [0.3, 0.4) is 0 Å². The van der Waals surface area contributed by atoms with Crippen LogP contribution in [0.2, 0.25) is 0 Å². The molecule has 2 aromatic rings. The molecule has 1 aliphatic heterocycles. The molecule has 1 aliphatic rings. The number of nitrogens with one attached hydrogen (secondary N) is 2. The average molecular weight is 273 g/mol. The van der Waals surface area contributed by atoms with Crippen LogP contribution in [0.4, 0.5) is 0 Å². The third-order valence-corrected chi connectivity index (χ3v) is 3.70. The summed E-state index contributed by atoms with van der Waals surface area (Å²) in [7, 11) is 3.60. The van der Waals surface area contributed by atoms with Crippen LogP contribution < -0.4 is 10.1 Å². The molecule has 0 aliphatic carbocycles. The molecule has 0 amide bonds. The molecule has 3 rings (SSSR count). The van der Waals surface area contributed by atoms with Crippen molar-refractivity contribution in [2.75, 3.05) is 14.2 Å². The summed E-state index contributed by atoms with van der Waals surface area (Å²) in [6.07, 6.45) is 0.0726. The van der Waals surface area contributed by atoms with Crippen molar-refractivity contribution in [3.63, 3.8) is 0 Å². The molecule has 5 nitrogen and oxygen atoms in total. The highest BCUT2D eigenvalue weighted by Gasteiger charge is 2.26. The Kier molecular flexibility index (Phi) is 3.46. The Morgan fingerprint density at radius 1 is 1.40 bits per heavy atom. The van der Waals surface area contributed by atoms with Crippen molar-refractivity contribution < 1.29 is 9.47 Å². The number of methoxy groups -OCH3 is 1. The number of aromatic nitrogens is 2. The largest absolute Gasteiger partial charge is 0.497 e. The van der Waals surface area contributed by atoms with Gasteiger partial charge in [-0.05, 0) is 31.7 Å². The van der Waals surface area contributed by atoms with E-state index < -0.39 is 0 Å². The first kappa shape index (κ1) is 13.1. The summed E-state index contributed by atoms with van der Waals surface area (Å²) in [5, 5.41) is 3.30. The lowest BCUT2D eigenvalue weighted by Gasteiger charge is -2.15. The molecule has 2 atom stereocenters. The SMILES string of the molecule is CNC(c1ccc(OC)cc1)c1nc2c([nH]1)COC2C. The minimum Gasteiger partial charge on any atom is -0.497 e. The Labute approximate surface area is 118 Å². The lowest BCUT2D eigenvalue weighted by Crippen LogP contribution is -2.19. The van der Waals surface area contributed by atoms with Gasteiger partial charge in [-0.1, -0.05) is 12.1 Å². The van der Waals surface area contributed by atoms with Crippen LogP contribution in [-0.4, -0.2) is 24.1 Å².